The van der Waals surface area contributed by atoms with Gasteiger partial charge in [-0.05, 0) is 29.8 Å². The summed E-state index contributed by atoms with van der Waals surface area (Å²) in [5.74, 6) is 1.52. The number of carbonyl (C=O) groups excluding carboxylic acids is 1. The predicted molar refractivity (Wildman–Crippen MR) is 94.0 cm³/mol. The van der Waals surface area contributed by atoms with Gasteiger partial charge in [0.25, 0.3) is 5.91 Å². The molecule has 0 unspecified atom stereocenters. The molecule has 25 heavy (non-hydrogen) atoms. The van der Waals surface area contributed by atoms with Gasteiger partial charge in [0.15, 0.2) is 0 Å². The molecule has 1 aromatic heterocycles. The first-order chi connectivity index (χ1) is 12.2. The Balaban J connectivity index is 1.91. The quantitative estimate of drug-likeness (QED) is 0.743. The van der Waals surface area contributed by atoms with Gasteiger partial charge in [0.2, 0.25) is 0 Å². The van der Waals surface area contributed by atoms with Crippen molar-refractivity contribution in [3.63, 3.8) is 0 Å². The molecule has 5 nitrogen and oxygen atoms in total. The highest BCUT2D eigenvalue weighted by Crippen LogP contribution is 2.25. The fraction of sp³-hybridized carbons (Fsp3) is 0.150. The van der Waals surface area contributed by atoms with Crippen molar-refractivity contribution in [2.24, 2.45) is 0 Å². The summed E-state index contributed by atoms with van der Waals surface area (Å²) in [4.78, 5) is 12.8. The van der Waals surface area contributed by atoms with Crippen molar-refractivity contribution < 1.29 is 18.7 Å². The molecule has 0 spiro atoms. The lowest BCUT2D eigenvalue weighted by Crippen LogP contribution is -2.29. The summed E-state index contributed by atoms with van der Waals surface area (Å²) in [6.45, 7) is 0. The molecule has 2 aromatic carbocycles. The fourth-order valence-corrected chi connectivity index (χ4v) is 2.57. The lowest BCUT2D eigenvalue weighted by molar-refractivity contribution is 0.0938. The van der Waals surface area contributed by atoms with E-state index in [2.05, 4.69) is 5.32 Å². The molecular weight excluding hydrogens is 318 g/mol. The number of rotatable bonds is 6. The van der Waals surface area contributed by atoms with Crippen molar-refractivity contribution in [1.82, 2.24) is 5.32 Å². The number of nitrogens with one attached hydrogen (secondary N) is 1. The fourth-order valence-electron chi connectivity index (χ4n) is 2.57. The monoisotopic (exact) mass is 337 g/mol. The predicted octanol–water partition coefficient (Wildman–Crippen LogP) is 3.82. The second-order valence-electron chi connectivity index (χ2n) is 5.43. The minimum absolute atomic E-state index is 0.248. The Morgan fingerprint density at radius 3 is 2.20 bits per heavy atom. The van der Waals surface area contributed by atoms with Crippen LogP contribution >= 0.6 is 0 Å². The normalized spacial score (nSPS) is 11.6. The van der Waals surface area contributed by atoms with Crippen LogP contribution in [0.2, 0.25) is 0 Å². The number of carbonyl (C=O) groups is 1. The molecule has 0 radical (unpaired) electrons. The summed E-state index contributed by atoms with van der Waals surface area (Å²) in [5, 5.41) is 3.01. The maximum Gasteiger partial charge on any atom is 0.252 e. The molecule has 0 saturated heterocycles. The number of benzene rings is 2. The van der Waals surface area contributed by atoms with Crippen LogP contribution in [0, 0.1) is 0 Å². The van der Waals surface area contributed by atoms with Gasteiger partial charge in [0.1, 0.15) is 23.3 Å². The molecule has 1 heterocycles. The Labute approximate surface area is 146 Å². The highest BCUT2D eigenvalue weighted by Gasteiger charge is 2.20. The molecule has 0 fully saturated rings. The minimum atomic E-state index is -0.388. The molecule has 1 atom stereocenters. The molecule has 0 saturated carbocycles. The molecule has 128 valence electrons. The average molecular weight is 337 g/mol. The van der Waals surface area contributed by atoms with Gasteiger partial charge in [0, 0.05) is 11.6 Å². The molecule has 1 amide bonds. The summed E-state index contributed by atoms with van der Waals surface area (Å²) in [5.41, 5.74) is 1.38. The van der Waals surface area contributed by atoms with Gasteiger partial charge in [-0.3, -0.25) is 4.79 Å². The Hall–Kier alpha value is -3.21. The van der Waals surface area contributed by atoms with E-state index in [-0.39, 0.29) is 11.9 Å². The molecule has 0 aliphatic carbocycles. The maximum absolute atomic E-state index is 12.8. The van der Waals surface area contributed by atoms with Crippen LogP contribution in [0.4, 0.5) is 0 Å². The molecule has 3 rings (SSSR count). The Kier molecular flexibility index (Phi) is 5.04. The van der Waals surface area contributed by atoms with E-state index in [1.165, 1.54) is 0 Å². The van der Waals surface area contributed by atoms with E-state index < -0.39 is 0 Å². The lowest BCUT2D eigenvalue weighted by atomic mass is 10.0. The topological polar surface area (TPSA) is 60.7 Å². The van der Waals surface area contributed by atoms with E-state index in [4.69, 9.17) is 13.9 Å². The Bertz CT molecular complexity index is 806. The summed E-state index contributed by atoms with van der Waals surface area (Å²) in [6.07, 6.45) is 1.59. The van der Waals surface area contributed by atoms with Crippen LogP contribution in [0.15, 0.2) is 71.3 Å². The van der Waals surface area contributed by atoms with Crippen LogP contribution < -0.4 is 14.8 Å². The largest absolute Gasteiger partial charge is 0.497 e. The van der Waals surface area contributed by atoms with E-state index in [1.54, 1.807) is 44.7 Å². The van der Waals surface area contributed by atoms with Crippen LogP contribution in [-0.2, 0) is 0 Å². The van der Waals surface area contributed by atoms with Crippen LogP contribution in [-0.4, -0.2) is 20.1 Å². The molecule has 3 aromatic rings. The number of ether oxygens (including phenoxy) is 2. The van der Waals surface area contributed by atoms with Gasteiger partial charge in [-0.1, -0.05) is 30.3 Å². The smallest absolute Gasteiger partial charge is 0.252 e. The highest BCUT2D eigenvalue weighted by molar-refractivity contribution is 5.95. The van der Waals surface area contributed by atoms with Crippen molar-refractivity contribution in [2.45, 2.75) is 6.04 Å². The molecule has 0 aliphatic rings. The second kappa shape index (κ2) is 7.57. The lowest BCUT2D eigenvalue weighted by Gasteiger charge is -2.18. The zero-order valence-electron chi connectivity index (χ0n) is 14.1. The molecule has 5 heteroatoms. The SMILES string of the molecule is COc1cc(OC)cc(C(=O)N[C@@H](c2ccccc2)c2ccco2)c1. The second-order valence-corrected chi connectivity index (χ2v) is 5.43. The average Bonchev–Trinajstić information content (AvgIpc) is 3.20. The maximum atomic E-state index is 12.8. The number of furan rings is 1. The van der Waals surface area contributed by atoms with Crippen LogP contribution in [0.1, 0.15) is 27.7 Å². The number of hydrogen-bond acceptors (Lipinski definition) is 4. The summed E-state index contributed by atoms with van der Waals surface area (Å²) in [6, 6.07) is 18.0. The number of methoxy groups -OCH3 is 2. The third-order valence-corrected chi connectivity index (χ3v) is 3.85. The van der Waals surface area contributed by atoms with Crippen LogP contribution in [0.25, 0.3) is 0 Å². The summed E-state index contributed by atoms with van der Waals surface area (Å²) < 4.78 is 16.0. The van der Waals surface area contributed by atoms with E-state index in [1.807, 2.05) is 36.4 Å². The van der Waals surface area contributed by atoms with Gasteiger partial charge in [-0.15, -0.1) is 0 Å². The van der Waals surface area contributed by atoms with Gasteiger partial charge in [0.05, 0.1) is 20.5 Å². The highest BCUT2D eigenvalue weighted by atomic mass is 16.5. The number of hydrogen-bond donors (Lipinski definition) is 1. The first kappa shape index (κ1) is 16.6. The minimum Gasteiger partial charge on any atom is -0.497 e. The summed E-state index contributed by atoms with van der Waals surface area (Å²) in [7, 11) is 3.10. The van der Waals surface area contributed by atoms with Crippen molar-refractivity contribution in [3.05, 3.63) is 83.8 Å². The first-order valence-corrected chi connectivity index (χ1v) is 7.83. The van der Waals surface area contributed by atoms with E-state index in [9.17, 15) is 4.79 Å². The van der Waals surface area contributed by atoms with Crippen molar-refractivity contribution >= 4 is 5.91 Å². The standard InChI is InChI=1S/C20H19NO4/c1-23-16-11-15(12-17(13-16)24-2)20(22)21-19(18-9-6-10-25-18)14-7-4-3-5-8-14/h3-13,19H,1-2H3,(H,21,22)/t19-/m0/s1. The zero-order valence-corrected chi connectivity index (χ0v) is 14.1. The van der Waals surface area contributed by atoms with Crippen LogP contribution in [0.3, 0.4) is 0 Å². The van der Waals surface area contributed by atoms with Gasteiger partial charge < -0.3 is 19.2 Å². The van der Waals surface area contributed by atoms with Gasteiger partial charge in [-0.2, -0.15) is 0 Å². The first-order valence-electron chi connectivity index (χ1n) is 7.83. The van der Waals surface area contributed by atoms with E-state index >= 15 is 0 Å². The van der Waals surface area contributed by atoms with E-state index in [0.717, 1.165) is 5.56 Å². The van der Waals surface area contributed by atoms with Crippen LogP contribution in [0.5, 0.6) is 11.5 Å². The Morgan fingerprint density at radius 2 is 1.64 bits per heavy atom. The van der Waals surface area contributed by atoms with E-state index in [0.29, 0.717) is 22.8 Å². The summed E-state index contributed by atoms with van der Waals surface area (Å²) >= 11 is 0. The molecule has 0 bridgehead atoms. The number of amides is 1. The third kappa shape index (κ3) is 3.83. The van der Waals surface area contributed by atoms with Gasteiger partial charge >= 0.3 is 0 Å². The van der Waals surface area contributed by atoms with Gasteiger partial charge in [-0.25, -0.2) is 0 Å². The van der Waals surface area contributed by atoms with Crippen molar-refractivity contribution in [3.8, 4) is 11.5 Å². The van der Waals surface area contributed by atoms with Crippen molar-refractivity contribution in [2.75, 3.05) is 14.2 Å². The Morgan fingerprint density at radius 1 is 0.960 bits per heavy atom. The molecule has 0 aliphatic heterocycles. The molecule has 1 N–H and O–H groups in total. The molecular formula is C20H19NO4. The van der Waals surface area contributed by atoms with Crippen molar-refractivity contribution in [1.29, 1.82) is 0 Å². The third-order valence-electron chi connectivity index (χ3n) is 3.85. The zero-order chi connectivity index (χ0) is 17.6.